The van der Waals surface area contributed by atoms with Crippen molar-refractivity contribution in [3.8, 4) is 0 Å². The van der Waals surface area contributed by atoms with Crippen LogP contribution in [0.2, 0.25) is 0 Å². The van der Waals surface area contributed by atoms with Gasteiger partial charge in [-0.2, -0.15) is 0 Å². The van der Waals surface area contributed by atoms with Gasteiger partial charge in [-0.05, 0) is 194 Å². The van der Waals surface area contributed by atoms with E-state index in [0.717, 1.165) is 6.54 Å². The van der Waals surface area contributed by atoms with E-state index in [4.69, 9.17) is 4.74 Å². The number of nitrogens with zero attached hydrogens (tertiary/aromatic N) is 1. The Hall–Kier alpha value is -6.29. The molecule has 0 saturated carbocycles. The highest BCUT2D eigenvalue weighted by Gasteiger charge is 2.50. The number of likely N-dealkylation sites (N-methyl/N-ethyl adjacent to an activating group) is 1. The van der Waals surface area contributed by atoms with E-state index in [-0.39, 0.29) is 17.9 Å². The molecular formula is C52H25NO2. The summed E-state index contributed by atoms with van der Waals surface area (Å²) in [6.45, 7) is 3.25. The van der Waals surface area contributed by atoms with E-state index in [9.17, 15) is 4.79 Å². The first-order valence-corrected chi connectivity index (χ1v) is 20.1. The minimum absolute atomic E-state index is 0.181. The molecule has 3 nitrogen and oxygen atoms in total. The molecule has 16 aromatic rings. The summed E-state index contributed by atoms with van der Waals surface area (Å²) in [5.74, 6) is 0.383. The quantitative estimate of drug-likeness (QED) is 0.136. The van der Waals surface area contributed by atoms with Crippen LogP contribution in [0.25, 0.3) is 151 Å². The molecule has 1 aliphatic heterocycles. The van der Waals surface area contributed by atoms with Crippen molar-refractivity contribution in [2.75, 3.05) is 20.2 Å². The molecule has 3 atom stereocenters. The Morgan fingerprint density at radius 2 is 0.855 bits per heavy atom. The van der Waals surface area contributed by atoms with Crippen LogP contribution in [0.4, 0.5) is 0 Å². The van der Waals surface area contributed by atoms with E-state index in [1.54, 1.807) is 59.6 Å². The molecule has 1 aliphatic carbocycles. The normalized spacial score (nSPS) is 20.4. The Bertz CT molecular complexity index is 4310. The van der Waals surface area contributed by atoms with Gasteiger partial charge in [0.15, 0.2) is 0 Å². The van der Waals surface area contributed by atoms with Gasteiger partial charge in [-0.25, -0.2) is 4.79 Å². The number of hydrogen-bond acceptors (Lipinski definition) is 3. The fourth-order valence-corrected chi connectivity index (χ4v) is 15.0. The zero-order valence-electron chi connectivity index (χ0n) is 29.8. The van der Waals surface area contributed by atoms with E-state index in [2.05, 4.69) is 72.6 Å². The number of carbonyl (C=O) groups is 1. The number of esters is 1. The lowest BCUT2D eigenvalue weighted by atomic mass is 9.72. The van der Waals surface area contributed by atoms with E-state index < -0.39 is 0 Å². The molecule has 1 saturated heterocycles. The maximum Gasteiger partial charge on any atom is 0.338 e. The van der Waals surface area contributed by atoms with Crippen LogP contribution in [-0.4, -0.2) is 31.1 Å². The van der Waals surface area contributed by atoms with Crippen molar-refractivity contribution < 1.29 is 9.53 Å². The largest absolute Gasteiger partial charge is 0.462 e. The van der Waals surface area contributed by atoms with Crippen LogP contribution in [0.3, 0.4) is 0 Å². The molecule has 16 aromatic carbocycles. The molecule has 0 amide bonds. The summed E-state index contributed by atoms with van der Waals surface area (Å²) >= 11 is 0. The Balaban J connectivity index is 1.15. The van der Waals surface area contributed by atoms with E-state index in [0.29, 0.717) is 18.1 Å². The number of fused-ring (bicyclic) bond motifs is 8. The van der Waals surface area contributed by atoms with Crippen LogP contribution < -0.4 is 0 Å². The summed E-state index contributed by atoms with van der Waals surface area (Å²) in [6, 6.07) is 28.5. The highest BCUT2D eigenvalue weighted by atomic mass is 16.5. The number of benzene rings is 10. The third-order valence-electron chi connectivity index (χ3n) is 16.3. The van der Waals surface area contributed by atoms with Gasteiger partial charge in [0.1, 0.15) is 0 Å². The second kappa shape index (κ2) is 7.26. The van der Waals surface area contributed by atoms with Crippen molar-refractivity contribution in [2.45, 2.75) is 24.8 Å². The van der Waals surface area contributed by atoms with Crippen LogP contribution in [0.1, 0.15) is 51.8 Å². The summed E-state index contributed by atoms with van der Waals surface area (Å²) in [5, 5.41) is 42.2. The third-order valence-corrected chi connectivity index (χ3v) is 16.3. The molecule has 1 fully saturated rings. The minimum atomic E-state index is -0.248. The van der Waals surface area contributed by atoms with Gasteiger partial charge in [-0.3, -0.25) is 4.90 Å². The fraction of sp³-hybridized carbons (Fsp3) is 0.135. The predicted octanol–water partition coefficient (Wildman–Crippen LogP) is 13.1. The average molecular weight is 696 g/mol. The first-order valence-electron chi connectivity index (χ1n) is 20.1. The van der Waals surface area contributed by atoms with Crippen molar-refractivity contribution in [1.82, 2.24) is 4.90 Å². The summed E-state index contributed by atoms with van der Waals surface area (Å²) in [5.41, 5.74) is 5.07. The first kappa shape index (κ1) is 25.7. The smallest absolute Gasteiger partial charge is 0.338 e. The molecule has 0 N–H and O–H groups in total. The van der Waals surface area contributed by atoms with E-state index >= 15 is 0 Å². The Morgan fingerprint density at radius 3 is 1.31 bits per heavy atom. The number of hydrogen-bond donors (Lipinski definition) is 0. The van der Waals surface area contributed by atoms with Crippen molar-refractivity contribution in [3.63, 3.8) is 0 Å². The zero-order valence-corrected chi connectivity index (χ0v) is 29.8. The standard InChI is InChI=1S/C52H25NO2/c1-3-55-52(54)18-6-4-17(5-7-18)51-38-27(16-53(51)2)28-25-14-12-23-21-10-8-19-20-9-11-22-24-13-15-26-36-34(24)42-32(22)30(20)40-29(19)31(21)41-33(23)35(25)43-39(28)45(37(26)38)44(36)50-48(42)46(40)47(41)49(43)50/h4-15,27,38,51H,3,16H2,1-2H3. The molecule has 0 aromatic heterocycles. The Kier molecular flexibility index (Phi) is 3.39. The number of rotatable bonds is 3. The van der Waals surface area contributed by atoms with Gasteiger partial charge in [0.2, 0.25) is 0 Å². The Morgan fingerprint density at radius 1 is 0.491 bits per heavy atom. The summed E-state index contributed by atoms with van der Waals surface area (Å²) < 4.78 is 5.39. The van der Waals surface area contributed by atoms with Crippen LogP contribution >= 0.6 is 0 Å². The molecule has 2 aliphatic rings. The molecule has 0 radical (unpaired) electrons. The molecule has 3 unspecified atom stereocenters. The van der Waals surface area contributed by atoms with Crippen molar-refractivity contribution in [3.05, 3.63) is 95.1 Å². The average Bonchev–Trinajstić information content (AvgIpc) is 4.06. The Labute approximate surface area is 310 Å². The summed E-state index contributed by atoms with van der Waals surface area (Å²) in [7, 11) is 2.34. The van der Waals surface area contributed by atoms with Gasteiger partial charge in [0.05, 0.1) is 12.2 Å². The van der Waals surface area contributed by atoms with Gasteiger partial charge in [-0.1, -0.05) is 60.7 Å². The van der Waals surface area contributed by atoms with Crippen LogP contribution in [-0.2, 0) is 4.74 Å². The predicted molar refractivity (Wildman–Crippen MR) is 229 cm³/mol. The van der Waals surface area contributed by atoms with Crippen molar-refractivity contribution >= 4 is 157 Å². The van der Waals surface area contributed by atoms with E-state index in [1.807, 2.05) is 19.1 Å². The topological polar surface area (TPSA) is 29.5 Å². The molecule has 55 heavy (non-hydrogen) atoms. The van der Waals surface area contributed by atoms with Gasteiger partial charge >= 0.3 is 5.97 Å². The summed E-state index contributed by atoms with van der Waals surface area (Å²) in [6.07, 6.45) is 0. The minimum Gasteiger partial charge on any atom is -0.462 e. The molecule has 0 spiro atoms. The highest BCUT2D eigenvalue weighted by molar-refractivity contribution is 6.69. The van der Waals surface area contributed by atoms with Crippen molar-refractivity contribution in [2.24, 2.45) is 0 Å². The number of likely N-dealkylation sites (tertiary alicyclic amines) is 1. The molecule has 3 heteroatoms. The van der Waals surface area contributed by atoms with Gasteiger partial charge in [0.25, 0.3) is 0 Å². The molecule has 250 valence electrons. The van der Waals surface area contributed by atoms with Gasteiger partial charge < -0.3 is 4.74 Å². The second-order valence-corrected chi connectivity index (χ2v) is 17.8. The second-order valence-electron chi connectivity index (χ2n) is 17.8. The highest BCUT2D eigenvalue weighted by Crippen LogP contribution is 2.71. The van der Waals surface area contributed by atoms with Crippen LogP contribution in [0, 0.1) is 0 Å². The lowest BCUT2D eigenvalue weighted by Gasteiger charge is -2.31. The lowest BCUT2D eigenvalue weighted by Crippen LogP contribution is -2.20. The fourth-order valence-electron chi connectivity index (χ4n) is 15.0. The third kappa shape index (κ3) is 2.08. The number of ether oxygens (including phenoxy) is 1. The van der Waals surface area contributed by atoms with Crippen LogP contribution in [0.15, 0.2) is 72.8 Å². The molecular weight excluding hydrogens is 671 g/mol. The number of carbonyl (C=O) groups excluding carboxylic acids is 1. The van der Waals surface area contributed by atoms with Gasteiger partial charge in [-0.15, -0.1) is 0 Å². The zero-order chi connectivity index (χ0) is 35.0. The molecule has 18 rings (SSSR count). The SMILES string of the molecule is CCOC(=O)c1ccc(C2C3c4c5ccc6c7ccc8c9ccc%10c%11ccc%12c(c%13c4c4c5c6c5c7c8c6c9c%10c7c%11c%12c%13c8c4c5c6c78)C3CN2C)cc1. The van der Waals surface area contributed by atoms with E-state index in [1.165, 1.54) is 108 Å². The molecule has 1 heterocycles. The van der Waals surface area contributed by atoms with Gasteiger partial charge in [0, 0.05) is 24.4 Å². The van der Waals surface area contributed by atoms with Crippen LogP contribution in [0.5, 0.6) is 0 Å². The maximum absolute atomic E-state index is 12.8. The lowest BCUT2D eigenvalue weighted by molar-refractivity contribution is 0.0526. The maximum atomic E-state index is 12.8. The van der Waals surface area contributed by atoms with Crippen molar-refractivity contribution in [1.29, 1.82) is 0 Å². The molecule has 0 bridgehead atoms. The monoisotopic (exact) mass is 695 g/mol. The first-order chi connectivity index (χ1) is 27.2. The summed E-state index contributed by atoms with van der Waals surface area (Å²) in [4.78, 5) is 15.4.